The van der Waals surface area contributed by atoms with E-state index in [-0.39, 0.29) is 0 Å². The van der Waals surface area contributed by atoms with Crippen LogP contribution in [0, 0.1) is 5.92 Å². The van der Waals surface area contributed by atoms with Crippen LogP contribution in [0.2, 0.25) is 0 Å². The molecule has 1 aromatic rings. The first-order valence-corrected chi connectivity index (χ1v) is 7.79. The molecule has 2 heteroatoms. The third-order valence-electron chi connectivity index (χ3n) is 4.95. The van der Waals surface area contributed by atoms with Gasteiger partial charge in [0.05, 0.1) is 0 Å². The Balaban J connectivity index is 1.61. The van der Waals surface area contributed by atoms with E-state index in [4.69, 9.17) is 0 Å². The van der Waals surface area contributed by atoms with Crippen LogP contribution in [0.3, 0.4) is 0 Å². The van der Waals surface area contributed by atoms with Gasteiger partial charge in [0.25, 0.3) is 0 Å². The molecule has 2 nitrogen and oxygen atoms in total. The zero-order valence-corrected chi connectivity index (χ0v) is 12.1. The lowest BCUT2D eigenvalue weighted by molar-refractivity contribution is 0.120. The lowest BCUT2D eigenvalue weighted by Gasteiger charge is -2.37. The second-order valence-electron chi connectivity index (χ2n) is 6.31. The van der Waals surface area contributed by atoms with Crippen LogP contribution < -0.4 is 0 Å². The first-order valence-electron chi connectivity index (χ1n) is 7.79. The number of likely N-dealkylation sites (tertiary alicyclic amines) is 2. The molecular weight excluding hydrogens is 232 g/mol. The molecule has 104 valence electrons. The molecule has 0 bridgehead atoms. The van der Waals surface area contributed by atoms with Gasteiger partial charge in [-0.1, -0.05) is 30.3 Å². The van der Waals surface area contributed by atoms with Crippen molar-refractivity contribution in [2.45, 2.75) is 38.3 Å². The molecule has 0 N–H and O–H groups in total. The van der Waals surface area contributed by atoms with Gasteiger partial charge in [-0.15, -0.1) is 0 Å². The number of piperidine rings is 1. The summed E-state index contributed by atoms with van der Waals surface area (Å²) in [4.78, 5) is 5.22. The second kappa shape index (κ2) is 6.06. The Hall–Kier alpha value is -0.860. The van der Waals surface area contributed by atoms with Crippen LogP contribution in [0.25, 0.3) is 0 Å². The molecule has 2 aliphatic rings. The fraction of sp³-hybridized carbons (Fsp3) is 0.647. The molecule has 19 heavy (non-hydrogen) atoms. The van der Waals surface area contributed by atoms with E-state index >= 15 is 0 Å². The van der Waals surface area contributed by atoms with E-state index in [1.54, 1.807) is 0 Å². The predicted molar refractivity (Wildman–Crippen MR) is 80.1 cm³/mol. The summed E-state index contributed by atoms with van der Waals surface area (Å²) in [5, 5.41) is 0. The van der Waals surface area contributed by atoms with E-state index < -0.39 is 0 Å². The molecule has 2 fully saturated rings. The maximum Gasteiger partial charge on any atom is 0.0236 e. The molecule has 3 rings (SSSR count). The summed E-state index contributed by atoms with van der Waals surface area (Å²) >= 11 is 0. The molecular formula is C17H26N2. The Bertz CT molecular complexity index is 382. The van der Waals surface area contributed by atoms with E-state index in [2.05, 4.69) is 47.2 Å². The van der Waals surface area contributed by atoms with Crippen LogP contribution >= 0.6 is 0 Å². The van der Waals surface area contributed by atoms with Crippen molar-refractivity contribution in [2.75, 3.05) is 26.7 Å². The van der Waals surface area contributed by atoms with E-state index in [9.17, 15) is 0 Å². The van der Waals surface area contributed by atoms with Crippen LogP contribution in [-0.2, 0) is 6.54 Å². The molecule has 0 saturated carbocycles. The average molecular weight is 258 g/mol. The van der Waals surface area contributed by atoms with Gasteiger partial charge in [-0.05, 0) is 63.8 Å². The van der Waals surface area contributed by atoms with Crippen LogP contribution in [-0.4, -0.2) is 42.5 Å². The van der Waals surface area contributed by atoms with E-state index in [0.29, 0.717) is 0 Å². The van der Waals surface area contributed by atoms with Gasteiger partial charge in [0.1, 0.15) is 0 Å². The Morgan fingerprint density at radius 1 is 1.00 bits per heavy atom. The Morgan fingerprint density at radius 3 is 2.47 bits per heavy atom. The number of hydrogen-bond acceptors (Lipinski definition) is 2. The second-order valence-corrected chi connectivity index (χ2v) is 6.31. The van der Waals surface area contributed by atoms with E-state index in [1.807, 2.05) is 0 Å². The van der Waals surface area contributed by atoms with Crippen molar-refractivity contribution in [1.82, 2.24) is 9.80 Å². The summed E-state index contributed by atoms with van der Waals surface area (Å²) in [6, 6.07) is 11.8. The fourth-order valence-electron chi connectivity index (χ4n) is 3.81. The van der Waals surface area contributed by atoms with Gasteiger partial charge in [-0.25, -0.2) is 0 Å². The number of hydrogen-bond donors (Lipinski definition) is 0. The van der Waals surface area contributed by atoms with Crippen LogP contribution in [0.5, 0.6) is 0 Å². The average Bonchev–Trinajstić information content (AvgIpc) is 2.89. The minimum Gasteiger partial charge on any atom is -0.306 e. The first-order chi connectivity index (χ1) is 9.33. The van der Waals surface area contributed by atoms with Gasteiger partial charge in [0, 0.05) is 12.6 Å². The molecule has 0 aromatic heterocycles. The summed E-state index contributed by atoms with van der Waals surface area (Å²) in [5.41, 5.74) is 1.47. The minimum absolute atomic E-state index is 0.842. The summed E-state index contributed by atoms with van der Waals surface area (Å²) in [6.07, 6.45) is 5.60. The lowest BCUT2D eigenvalue weighted by atomic mass is 9.88. The molecule has 0 spiro atoms. The van der Waals surface area contributed by atoms with Crippen molar-refractivity contribution >= 4 is 0 Å². The third-order valence-corrected chi connectivity index (χ3v) is 4.95. The van der Waals surface area contributed by atoms with Crippen molar-refractivity contribution in [3.8, 4) is 0 Å². The van der Waals surface area contributed by atoms with Gasteiger partial charge in [-0.2, -0.15) is 0 Å². The van der Waals surface area contributed by atoms with Crippen molar-refractivity contribution < 1.29 is 0 Å². The van der Waals surface area contributed by atoms with Crippen LogP contribution in [0.4, 0.5) is 0 Å². The van der Waals surface area contributed by atoms with Crippen LogP contribution in [0.1, 0.15) is 31.2 Å². The normalized spacial score (nSPS) is 26.9. The molecule has 2 aliphatic heterocycles. The highest BCUT2D eigenvalue weighted by molar-refractivity contribution is 5.15. The number of benzene rings is 1. The molecule has 1 atom stereocenters. The van der Waals surface area contributed by atoms with E-state index in [1.165, 1.54) is 50.9 Å². The largest absolute Gasteiger partial charge is 0.306 e. The molecule has 2 saturated heterocycles. The van der Waals surface area contributed by atoms with Gasteiger partial charge in [-0.3, -0.25) is 4.90 Å². The molecule has 0 radical (unpaired) electrons. The Morgan fingerprint density at radius 2 is 1.74 bits per heavy atom. The molecule has 1 aromatic carbocycles. The van der Waals surface area contributed by atoms with Crippen molar-refractivity contribution in [2.24, 2.45) is 5.92 Å². The van der Waals surface area contributed by atoms with Crippen molar-refractivity contribution in [1.29, 1.82) is 0 Å². The minimum atomic E-state index is 0.842. The SMILES string of the molecule is CN1CCC(C2CCCN2Cc2ccccc2)CC1. The zero-order chi connectivity index (χ0) is 13.1. The monoisotopic (exact) mass is 258 g/mol. The van der Waals surface area contributed by atoms with Gasteiger partial charge in [0.2, 0.25) is 0 Å². The Kier molecular flexibility index (Phi) is 4.19. The highest BCUT2D eigenvalue weighted by Crippen LogP contribution is 2.31. The number of nitrogens with zero attached hydrogens (tertiary/aromatic N) is 2. The van der Waals surface area contributed by atoms with Gasteiger partial charge in [0.15, 0.2) is 0 Å². The maximum atomic E-state index is 2.74. The quantitative estimate of drug-likeness (QED) is 0.822. The van der Waals surface area contributed by atoms with Crippen molar-refractivity contribution in [3.63, 3.8) is 0 Å². The van der Waals surface area contributed by atoms with Crippen molar-refractivity contribution in [3.05, 3.63) is 35.9 Å². The summed E-state index contributed by atoms with van der Waals surface area (Å²) in [5.74, 6) is 0.933. The van der Waals surface area contributed by atoms with Gasteiger partial charge < -0.3 is 4.90 Å². The summed E-state index contributed by atoms with van der Waals surface area (Å²) < 4.78 is 0. The molecule has 0 amide bonds. The molecule has 1 unspecified atom stereocenters. The summed E-state index contributed by atoms with van der Waals surface area (Å²) in [7, 11) is 2.26. The number of rotatable bonds is 3. The predicted octanol–water partition coefficient (Wildman–Crippen LogP) is 2.99. The van der Waals surface area contributed by atoms with Gasteiger partial charge >= 0.3 is 0 Å². The fourth-order valence-corrected chi connectivity index (χ4v) is 3.81. The van der Waals surface area contributed by atoms with Crippen LogP contribution in [0.15, 0.2) is 30.3 Å². The Labute approximate surface area is 117 Å². The standard InChI is InChI=1S/C17H26N2/c1-18-12-9-16(10-13-18)17-8-5-11-19(17)14-15-6-3-2-4-7-15/h2-4,6-7,16-17H,5,8-14H2,1H3. The molecule has 2 heterocycles. The highest BCUT2D eigenvalue weighted by atomic mass is 15.2. The third kappa shape index (κ3) is 3.18. The smallest absolute Gasteiger partial charge is 0.0236 e. The lowest BCUT2D eigenvalue weighted by Crippen LogP contribution is -2.41. The summed E-state index contributed by atoms with van der Waals surface area (Å²) in [6.45, 7) is 5.03. The van der Waals surface area contributed by atoms with E-state index in [0.717, 1.165) is 18.5 Å². The highest BCUT2D eigenvalue weighted by Gasteiger charge is 2.32. The first kappa shape index (κ1) is 13.1. The topological polar surface area (TPSA) is 6.48 Å². The zero-order valence-electron chi connectivity index (χ0n) is 12.1. The maximum absolute atomic E-state index is 2.74. The molecule has 0 aliphatic carbocycles.